The molecule has 1 atom stereocenters. The fourth-order valence-corrected chi connectivity index (χ4v) is 2.35. The molecule has 4 nitrogen and oxygen atoms in total. The monoisotopic (exact) mass is 276 g/mol. The van der Waals surface area contributed by atoms with Crippen molar-refractivity contribution in [2.45, 2.75) is 71.8 Å². The minimum Gasteiger partial charge on any atom is -0.370 e. The molecule has 1 aliphatic carbocycles. The second-order valence-electron chi connectivity index (χ2n) is 5.94. The molecule has 20 heavy (non-hydrogen) atoms. The summed E-state index contributed by atoms with van der Waals surface area (Å²) in [4.78, 5) is 9.49. The van der Waals surface area contributed by atoms with Gasteiger partial charge in [-0.1, -0.05) is 20.3 Å². The first kappa shape index (κ1) is 15.1. The Kier molecular flexibility index (Phi) is 5.21. The highest BCUT2D eigenvalue weighted by Gasteiger charge is 2.28. The Morgan fingerprint density at radius 3 is 2.45 bits per heavy atom. The topological polar surface area (TPSA) is 49.8 Å². The van der Waals surface area contributed by atoms with Crippen LogP contribution in [0.2, 0.25) is 0 Å². The summed E-state index contributed by atoms with van der Waals surface area (Å²) in [5.74, 6) is 3.62. The van der Waals surface area contributed by atoms with E-state index < -0.39 is 0 Å². The Bertz CT molecular complexity index is 440. The normalized spacial score (nSPS) is 16.0. The maximum absolute atomic E-state index is 4.76. The third-order valence-corrected chi connectivity index (χ3v) is 3.75. The summed E-state index contributed by atoms with van der Waals surface area (Å²) in [7, 11) is 0. The van der Waals surface area contributed by atoms with Gasteiger partial charge in [-0.25, -0.2) is 9.97 Å². The molecule has 112 valence electrons. The first-order valence-electron chi connectivity index (χ1n) is 8.04. The summed E-state index contributed by atoms with van der Waals surface area (Å²) >= 11 is 0. The molecule has 4 heteroatoms. The van der Waals surface area contributed by atoms with Gasteiger partial charge in [0.05, 0.1) is 0 Å². The summed E-state index contributed by atoms with van der Waals surface area (Å²) in [6.07, 6.45) is 5.94. The summed E-state index contributed by atoms with van der Waals surface area (Å²) in [5, 5.41) is 7.00. The number of hydrogen-bond donors (Lipinski definition) is 2. The van der Waals surface area contributed by atoms with E-state index in [2.05, 4.69) is 38.3 Å². The summed E-state index contributed by atoms with van der Waals surface area (Å²) in [6.45, 7) is 9.69. The molecule has 1 fully saturated rings. The number of nitrogens with one attached hydrogen (secondary N) is 2. The molecule has 1 aliphatic rings. The Labute approximate surface area is 122 Å². The second-order valence-corrected chi connectivity index (χ2v) is 5.94. The third kappa shape index (κ3) is 3.84. The van der Waals surface area contributed by atoms with E-state index in [0.29, 0.717) is 12.0 Å². The molecule has 0 radical (unpaired) electrons. The molecule has 1 heterocycles. The zero-order chi connectivity index (χ0) is 14.5. The van der Waals surface area contributed by atoms with Gasteiger partial charge in [0, 0.05) is 24.1 Å². The SMILES string of the molecule is CCCNc1nc(C2CC2)nc(NC(C)CCC)c1C. The Morgan fingerprint density at radius 2 is 1.85 bits per heavy atom. The molecule has 0 spiro atoms. The van der Waals surface area contributed by atoms with Crippen LogP contribution in [0.25, 0.3) is 0 Å². The number of nitrogens with zero attached hydrogens (tertiary/aromatic N) is 2. The van der Waals surface area contributed by atoms with Crippen LogP contribution in [-0.2, 0) is 0 Å². The van der Waals surface area contributed by atoms with Gasteiger partial charge < -0.3 is 10.6 Å². The van der Waals surface area contributed by atoms with E-state index in [-0.39, 0.29) is 0 Å². The number of rotatable bonds is 8. The number of hydrogen-bond acceptors (Lipinski definition) is 4. The highest BCUT2D eigenvalue weighted by Crippen LogP contribution is 2.39. The second kappa shape index (κ2) is 6.91. The lowest BCUT2D eigenvalue weighted by atomic mass is 10.2. The van der Waals surface area contributed by atoms with Crippen molar-refractivity contribution in [2.75, 3.05) is 17.2 Å². The summed E-state index contributed by atoms with van der Waals surface area (Å²) in [6, 6.07) is 0.458. The van der Waals surface area contributed by atoms with Crippen LogP contribution in [0, 0.1) is 6.92 Å². The van der Waals surface area contributed by atoms with Crippen LogP contribution in [0.3, 0.4) is 0 Å². The van der Waals surface area contributed by atoms with Crippen LogP contribution in [0.15, 0.2) is 0 Å². The van der Waals surface area contributed by atoms with E-state index in [1.165, 1.54) is 25.7 Å². The highest BCUT2D eigenvalue weighted by atomic mass is 15.1. The van der Waals surface area contributed by atoms with Crippen molar-refractivity contribution >= 4 is 11.6 Å². The number of anilines is 2. The summed E-state index contributed by atoms with van der Waals surface area (Å²) in [5.41, 5.74) is 1.14. The van der Waals surface area contributed by atoms with E-state index in [4.69, 9.17) is 9.97 Å². The van der Waals surface area contributed by atoms with Crippen molar-refractivity contribution in [1.82, 2.24) is 9.97 Å². The molecule has 0 saturated heterocycles. The molecule has 0 amide bonds. The lowest BCUT2D eigenvalue weighted by Gasteiger charge is -2.18. The maximum atomic E-state index is 4.76. The van der Waals surface area contributed by atoms with E-state index in [0.717, 1.165) is 36.0 Å². The Morgan fingerprint density at radius 1 is 1.15 bits per heavy atom. The molecular weight excluding hydrogens is 248 g/mol. The zero-order valence-corrected chi connectivity index (χ0v) is 13.3. The fraction of sp³-hybridized carbons (Fsp3) is 0.750. The average Bonchev–Trinajstić information content (AvgIpc) is 3.24. The average molecular weight is 276 g/mol. The molecule has 1 unspecified atom stereocenters. The quantitative estimate of drug-likeness (QED) is 0.751. The predicted octanol–water partition coefficient (Wildman–Crippen LogP) is 4.08. The van der Waals surface area contributed by atoms with Gasteiger partial charge in [-0.3, -0.25) is 0 Å². The zero-order valence-electron chi connectivity index (χ0n) is 13.3. The van der Waals surface area contributed by atoms with E-state index in [1.807, 2.05) is 0 Å². The molecule has 0 aliphatic heterocycles. The molecule has 0 aromatic carbocycles. The smallest absolute Gasteiger partial charge is 0.136 e. The van der Waals surface area contributed by atoms with Gasteiger partial charge in [0.25, 0.3) is 0 Å². The first-order valence-corrected chi connectivity index (χ1v) is 8.04. The summed E-state index contributed by atoms with van der Waals surface area (Å²) < 4.78 is 0. The van der Waals surface area contributed by atoms with Crippen molar-refractivity contribution in [3.63, 3.8) is 0 Å². The van der Waals surface area contributed by atoms with Gasteiger partial charge in [0.15, 0.2) is 0 Å². The Hall–Kier alpha value is -1.32. The maximum Gasteiger partial charge on any atom is 0.136 e. The lowest BCUT2D eigenvalue weighted by molar-refractivity contribution is 0.685. The van der Waals surface area contributed by atoms with Crippen LogP contribution in [0.1, 0.15) is 70.2 Å². The van der Waals surface area contributed by atoms with Crippen molar-refractivity contribution in [1.29, 1.82) is 0 Å². The van der Waals surface area contributed by atoms with Crippen molar-refractivity contribution in [3.8, 4) is 0 Å². The van der Waals surface area contributed by atoms with Gasteiger partial charge in [-0.2, -0.15) is 0 Å². The molecular formula is C16H28N4. The van der Waals surface area contributed by atoms with Crippen molar-refractivity contribution in [3.05, 3.63) is 11.4 Å². The molecule has 1 aromatic heterocycles. The molecule has 2 rings (SSSR count). The lowest BCUT2D eigenvalue weighted by Crippen LogP contribution is -2.18. The van der Waals surface area contributed by atoms with Gasteiger partial charge in [-0.05, 0) is 39.5 Å². The van der Waals surface area contributed by atoms with Gasteiger partial charge in [0.1, 0.15) is 17.5 Å². The standard InChI is InChI=1S/C16H28N4/c1-5-7-11(3)18-15-12(4)14(17-10-6-2)19-16(20-15)13-8-9-13/h11,13H,5-10H2,1-4H3,(H2,17,18,19,20). The molecule has 2 N–H and O–H groups in total. The van der Waals surface area contributed by atoms with Crippen LogP contribution in [0.4, 0.5) is 11.6 Å². The van der Waals surface area contributed by atoms with Crippen LogP contribution < -0.4 is 10.6 Å². The van der Waals surface area contributed by atoms with Crippen LogP contribution >= 0.6 is 0 Å². The Balaban J connectivity index is 2.21. The van der Waals surface area contributed by atoms with Crippen LogP contribution in [0.5, 0.6) is 0 Å². The minimum atomic E-state index is 0.458. The van der Waals surface area contributed by atoms with Gasteiger partial charge in [0.2, 0.25) is 0 Å². The fourth-order valence-electron chi connectivity index (χ4n) is 2.35. The minimum absolute atomic E-state index is 0.458. The van der Waals surface area contributed by atoms with Gasteiger partial charge in [-0.15, -0.1) is 0 Å². The predicted molar refractivity (Wildman–Crippen MR) is 85.5 cm³/mol. The largest absolute Gasteiger partial charge is 0.370 e. The number of aromatic nitrogens is 2. The van der Waals surface area contributed by atoms with Crippen molar-refractivity contribution < 1.29 is 0 Å². The van der Waals surface area contributed by atoms with E-state index >= 15 is 0 Å². The van der Waals surface area contributed by atoms with E-state index in [9.17, 15) is 0 Å². The van der Waals surface area contributed by atoms with Crippen molar-refractivity contribution in [2.24, 2.45) is 0 Å². The highest BCUT2D eigenvalue weighted by molar-refractivity contribution is 5.58. The molecule has 1 saturated carbocycles. The molecule has 1 aromatic rings. The third-order valence-electron chi connectivity index (χ3n) is 3.75. The van der Waals surface area contributed by atoms with Gasteiger partial charge >= 0.3 is 0 Å². The first-order chi connectivity index (χ1) is 9.65. The molecule has 0 bridgehead atoms. The van der Waals surface area contributed by atoms with E-state index in [1.54, 1.807) is 0 Å². The van der Waals surface area contributed by atoms with Crippen LogP contribution in [-0.4, -0.2) is 22.6 Å².